The molecule has 1 N–H and O–H groups in total. The van der Waals surface area contributed by atoms with Crippen LogP contribution in [-0.4, -0.2) is 37.0 Å². The molecule has 2 aromatic carbocycles. The predicted molar refractivity (Wildman–Crippen MR) is 124 cm³/mol. The Labute approximate surface area is 186 Å². The zero-order valence-electron chi connectivity index (χ0n) is 18.0. The highest BCUT2D eigenvalue weighted by Gasteiger charge is 2.32. The zero-order chi connectivity index (χ0) is 22.2. The molecule has 1 aliphatic heterocycles. The Balaban J connectivity index is 1.39. The topological polar surface area (TPSA) is 71.5 Å². The van der Waals surface area contributed by atoms with E-state index >= 15 is 0 Å². The number of rotatable bonds is 4. The molecule has 5 rings (SSSR count). The van der Waals surface area contributed by atoms with Gasteiger partial charge in [0.2, 0.25) is 5.91 Å². The van der Waals surface area contributed by atoms with Crippen molar-refractivity contribution in [1.82, 2.24) is 10.3 Å². The lowest BCUT2D eigenvalue weighted by atomic mass is 9.97. The number of methoxy groups -OCH3 is 1. The van der Waals surface area contributed by atoms with Crippen LogP contribution in [-0.2, 0) is 17.6 Å². The molecular formula is C26H23N3O3. The second-order valence-electron chi connectivity index (χ2n) is 8.03. The van der Waals surface area contributed by atoms with E-state index in [4.69, 9.17) is 4.74 Å². The lowest BCUT2D eigenvalue weighted by molar-refractivity contribution is -0.120. The fourth-order valence-electron chi connectivity index (χ4n) is 4.37. The van der Waals surface area contributed by atoms with E-state index in [0.29, 0.717) is 23.4 Å². The van der Waals surface area contributed by atoms with Crippen molar-refractivity contribution in [3.8, 4) is 16.9 Å². The smallest absolute Gasteiger partial charge is 0.254 e. The van der Waals surface area contributed by atoms with Crippen molar-refractivity contribution in [2.45, 2.75) is 18.9 Å². The van der Waals surface area contributed by atoms with Crippen molar-refractivity contribution in [1.29, 1.82) is 0 Å². The van der Waals surface area contributed by atoms with Crippen LogP contribution in [0.2, 0.25) is 0 Å². The molecule has 6 nitrogen and oxygen atoms in total. The first-order chi connectivity index (χ1) is 15.5. The number of nitrogens with zero attached hydrogens (tertiary/aromatic N) is 2. The maximum atomic E-state index is 13.1. The quantitative estimate of drug-likeness (QED) is 0.693. The van der Waals surface area contributed by atoms with Gasteiger partial charge in [0.05, 0.1) is 24.1 Å². The van der Waals surface area contributed by atoms with Crippen LogP contribution in [0.15, 0.2) is 60.8 Å². The summed E-state index contributed by atoms with van der Waals surface area (Å²) in [5.74, 6) is 0.145. The van der Waals surface area contributed by atoms with Gasteiger partial charge in [0.15, 0.2) is 0 Å². The van der Waals surface area contributed by atoms with E-state index < -0.39 is 6.04 Å². The van der Waals surface area contributed by atoms with Gasteiger partial charge in [-0.15, -0.1) is 0 Å². The number of anilines is 1. The third-order valence-corrected chi connectivity index (χ3v) is 6.12. The van der Waals surface area contributed by atoms with Crippen molar-refractivity contribution in [2.24, 2.45) is 0 Å². The first kappa shape index (κ1) is 20.0. The number of carbonyl (C=O) groups is 2. The summed E-state index contributed by atoms with van der Waals surface area (Å²) in [7, 11) is 3.25. The number of pyridine rings is 1. The predicted octanol–water partition coefficient (Wildman–Crippen LogP) is 3.64. The molecule has 3 aromatic rings. The van der Waals surface area contributed by atoms with Gasteiger partial charge in [0.25, 0.3) is 5.91 Å². The van der Waals surface area contributed by atoms with E-state index in [1.54, 1.807) is 32.4 Å². The molecule has 0 radical (unpaired) electrons. The maximum Gasteiger partial charge on any atom is 0.254 e. The van der Waals surface area contributed by atoms with Gasteiger partial charge in [0, 0.05) is 31.6 Å². The summed E-state index contributed by atoms with van der Waals surface area (Å²) in [5.41, 5.74) is 6.50. The van der Waals surface area contributed by atoms with Crippen molar-refractivity contribution in [3.05, 3.63) is 83.2 Å². The van der Waals surface area contributed by atoms with Gasteiger partial charge >= 0.3 is 0 Å². The average Bonchev–Trinajstić information content (AvgIpc) is 3.29. The Morgan fingerprint density at radius 2 is 1.91 bits per heavy atom. The van der Waals surface area contributed by atoms with E-state index in [9.17, 15) is 9.59 Å². The first-order valence-corrected chi connectivity index (χ1v) is 10.6. The number of fused-ring (bicyclic) bond motifs is 2. The molecular weight excluding hydrogens is 402 g/mol. The van der Waals surface area contributed by atoms with E-state index in [0.717, 1.165) is 28.8 Å². The Morgan fingerprint density at radius 1 is 1.09 bits per heavy atom. The summed E-state index contributed by atoms with van der Waals surface area (Å²) >= 11 is 0. The molecule has 1 atom stereocenters. The van der Waals surface area contributed by atoms with E-state index in [-0.39, 0.29) is 11.8 Å². The summed E-state index contributed by atoms with van der Waals surface area (Å²) in [5, 5.41) is 2.89. The number of ether oxygens (including phenoxy) is 1. The molecule has 0 saturated heterocycles. The highest BCUT2D eigenvalue weighted by molar-refractivity contribution is 6.11. The monoisotopic (exact) mass is 425 g/mol. The van der Waals surface area contributed by atoms with Gasteiger partial charge in [-0.05, 0) is 41.0 Å². The average molecular weight is 425 g/mol. The summed E-state index contributed by atoms with van der Waals surface area (Å²) < 4.78 is 5.24. The fraction of sp³-hybridized carbons (Fsp3) is 0.192. The van der Waals surface area contributed by atoms with Crippen LogP contribution in [0.1, 0.15) is 27.2 Å². The SMILES string of the molecule is COc1ccc2c(c1)C(=O)NC(Cc1ccc(-c3ccnc4c3C=CC4)cc1)C(=O)N2C. The molecule has 1 aromatic heterocycles. The van der Waals surface area contributed by atoms with Gasteiger partial charge in [0.1, 0.15) is 11.8 Å². The molecule has 1 aliphatic carbocycles. The van der Waals surface area contributed by atoms with Gasteiger partial charge in [-0.1, -0.05) is 36.4 Å². The van der Waals surface area contributed by atoms with E-state index in [2.05, 4.69) is 34.6 Å². The number of allylic oxidation sites excluding steroid dienone is 1. The molecule has 1 unspecified atom stereocenters. The molecule has 2 aliphatic rings. The van der Waals surface area contributed by atoms with Crippen LogP contribution in [0.5, 0.6) is 5.75 Å². The van der Waals surface area contributed by atoms with Crippen LogP contribution in [0, 0.1) is 0 Å². The minimum atomic E-state index is -0.648. The molecule has 6 heteroatoms. The number of carbonyl (C=O) groups excluding carboxylic acids is 2. The number of nitrogens with one attached hydrogen (secondary N) is 1. The lowest BCUT2D eigenvalue weighted by Gasteiger charge is -2.21. The lowest BCUT2D eigenvalue weighted by Crippen LogP contribution is -2.45. The first-order valence-electron chi connectivity index (χ1n) is 10.6. The Morgan fingerprint density at radius 3 is 2.69 bits per heavy atom. The third kappa shape index (κ3) is 3.43. The molecule has 0 fully saturated rings. The van der Waals surface area contributed by atoms with E-state index in [1.807, 2.05) is 24.4 Å². The van der Waals surface area contributed by atoms with Crippen LogP contribution in [0.3, 0.4) is 0 Å². The zero-order valence-corrected chi connectivity index (χ0v) is 18.0. The van der Waals surface area contributed by atoms with Gasteiger partial charge < -0.3 is 15.0 Å². The fourth-order valence-corrected chi connectivity index (χ4v) is 4.37. The minimum absolute atomic E-state index is 0.150. The molecule has 160 valence electrons. The number of amides is 2. The van der Waals surface area contributed by atoms with Crippen molar-refractivity contribution >= 4 is 23.6 Å². The Hall–Kier alpha value is -3.93. The summed E-state index contributed by atoms with van der Waals surface area (Å²) in [6.45, 7) is 0. The number of hydrogen-bond acceptors (Lipinski definition) is 4. The molecule has 0 bridgehead atoms. The van der Waals surface area contributed by atoms with Crippen LogP contribution in [0.25, 0.3) is 17.2 Å². The second-order valence-corrected chi connectivity index (χ2v) is 8.03. The number of aromatic nitrogens is 1. The Bertz CT molecular complexity index is 1250. The molecule has 2 amide bonds. The molecule has 32 heavy (non-hydrogen) atoms. The summed E-state index contributed by atoms with van der Waals surface area (Å²) in [4.78, 5) is 31.9. The standard InChI is InChI=1S/C26H23N3O3/c1-29-24-11-10-18(32-2)15-21(24)25(30)28-23(26(29)31)14-16-6-8-17(9-7-16)19-12-13-27-22-5-3-4-20(19)22/h3-4,6-13,15,23H,5,14H2,1-2H3,(H,28,30). The largest absolute Gasteiger partial charge is 0.497 e. The molecule has 0 spiro atoms. The van der Waals surface area contributed by atoms with Gasteiger partial charge in [-0.3, -0.25) is 14.6 Å². The maximum absolute atomic E-state index is 13.1. The van der Waals surface area contributed by atoms with Gasteiger partial charge in [-0.2, -0.15) is 0 Å². The second kappa shape index (κ2) is 7.96. The number of hydrogen-bond donors (Lipinski definition) is 1. The molecule has 0 saturated carbocycles. The van der Waals surface area contributed by atoms with Crippen LogP contribution >= 0.6 is 0 Å². The Kier molecular flexibility index (Phi) is 4.98. The van der Waals surface area contributed by atoms with Crippen molar-refractivity contribution in [2.75, 3.05) is 19.1 Å². The van der Waals surface area contributed by atoms with Crippen LogP contribution in [0.4, 0.5) is 5.69 Å². The normalized spacial score (nSPS) is 16.9. The van der Waals surface area contributed by atoms with E-state index in [1.165, 1.54) is 10.5 Å². The highest BCUT2D eigenvalue weighted by atomic mass is 16.5. The third-order valence-electron chi connectivity index (χ3n) is 6.12. The minimum Gasteiger partial charge on any atom is -0.497 e. The van der Waals surface area contributed by atoms with Crippen molar-refractivity contribution in [3.63, 3.8) is 0 Å². The van der Waals surface area contributed by atoms with Gasteiger partial charge in [-0.25, -0.2) is 0 Å². The number of benzene rings is 2. The van der Waals surface area contributed by atoms with Crippen molar-refractivity contribution < 1.29 is 14.3 Å². The summed E-state index contributed by atoms with van der Waals surface area (Å²) in [6, 6.07) is 14.7. The van der Waals surface area contributed by atoms with Crippen LogP contribution < -0.4 is 15.0 Å². The summed E-state index contributed by atoms with van der Waals surface area (Å²) in [6.07, 6.45) is 7.37. The highest BCUT2D eigenvalue weighted by Crippen LogP contribution is 2.31. The molecule has 2 heterocycles. The number of likely N-dealkylation sites (N-methyl/N-ethyl adjacent to an activating group) is 1.